The van der Waals surface area contributed by atoms with E-state index < -0.39 is 15.2 Å². The minimum absolute atomic E-state index is 0.0480. The lowest BCUT2D eigenvalue weighted by atomic mass is 10.2. The molecule has 20 heavy (non-hydrogen) atoms. The van der Waals surface area contributed by atoms with Crippen LogP contribution in [-0.2, 0) is 13.8 Å². The lowest BCUT2D eigenvalue weighted by Crippen LogP contribution is -2.36. The second kappa shape index (κ2) is 6.76. The quantitative estimate of drug-likeness (QED) is 0.643. The average Bonchev–Trinajstić information content (AvgIpc) is 2.36. The number of benzene rings is 1. The van der Waals surface area contributed by atoms with E-state index in [1.165, 1.54) is 25.1 Å². The van der Waals surface area contributed by atoms with E-state index in [-0.39, 0.29) is 16.6 Å². The average molecular weight is 318 g/mol. The third-order valence-corrected chi connectivity index (χ3v) is 3.80. The van der Waals surface area contributed by atoms with Crippen LogP contribution in [0, 0.1) is 6.92 Å². The standard InChI is InChI=1S/C13H16ClNO4S/c1-4-7-15-13(16)10(3)19-11-6-5-9(2)8-12(11)20(14,17)18/h4-6,8,10H,1,7H2,2-3H3,(H,15,16). The van der Waals surface area contributed by atoms with Gasteiger partial charge in [-0.1, -0.05) is 12.1 Å². The Bertz CT molecular complexity index is 613. The van der Waals surface area contributed by atoms with Crippen LogP contribution < -0.4 is 10.1 Å². The first kappa shape index (κ1) is 16.5. The van der Waals surface area contributed by atoms with Crippen LogP contribution in [0.4, 0.5) is 0 Å². The molecule has 1 aromatic rings. The highest BCUT2D eigenvalue weighted by atomic mass is 35.7. The zero-order valence-corrected chi connectivity index (χ0v) is 12.8. The van der Waals surface area contributed by atoms with Crippen LogP contribution in [-0.4, -0.2) is 27.0 Å². The van der Waals surface area contributed by atoms with Gasteiger partial charge in [0.15, 0.2) is 6.10 Å². The summed E-state index contributed by atoms with van der Waals surface area (Å²) in [4.78, 5) is 11.5. The van der Waals surface area contributed by atoms with Crippen LogP contribution in [0.3, 0.4) is 0 Å². The van der Waals surface area contributed by atoms with Gasteiger partial charge in [-0.2, -0.15) is 0 Å². The maximum Gasteiger partial charge on any atom is 0.264 e. The molecule has 1 amide bonds. The van der Waals surface area contributed by atoms with Gasteiger partial charge < -0.3 is 10.1 Å². The van der Waals surface area contributed by atoms with Crippen molar-refractivity contribution >= 4 is 25.6 Å². The van der Waals surface area contributed by atoms with Crippen molar-refractivity contribution in [3.05, 3.63) is 36.4 Å². The smallest absolute Gasteiger partial charge is 0.264 e. The van der Waals surface area contributed by atoms with Crippen molar-refractivity contribution in [3.8, 4) is 5.75 Å². The maximum atomic E-state index is 11.7. The molecule has 1 unspecified atom stereocenters. The van der Waals surface area contributed by atoms with Gasteiger partial charge in [0.1, 0.15) is 10.6 Å². The SMILES string of the molecule is C=CCNC(=O)C(C)Oc1ccc(C)cc1S(=O)(=O)Cl. The number of amides is 1. The van der Waals surface area contributed by atoms with Gasteiger partial charge in [-0.25, -0.2) is 8.42 Å². The van der Waals surface area contributed by atoms with E-state index >= 15 is 0 Å². The minimum Gasteiger partial charge on any atom is -0.479 e. The van der Waals surface area contributed by atoms with Gasteiger partial charge in [0.25, 0.3) is 15.0 Å². The highest BCUT2D eigenvalue weighted by Gasteiger charge is 2.21. The molecule has 0 radical (unpaired) electrons. The molecule has 0 aliphatic carbocycles. The number of rotatable bonds is 6. The van der Waals surface area contributed by atoms with Crippen LogP contribution in [0.25, 0.3) is 0 Å². The van der Waals surface area contributed by atoms with Crippen LogP contribution >= 0.6 is 10.7 Å². The summed E-state index contributed by atoms with van der Waals surface area (Å²) in [5.74, 6) is -0.324. The van der Waals surface area contributed by atoms with Gasteiger partial charge in [-0.05, 0) is 31.5 Å². The number of aryl methyl sites for hydroxylation is 1. The molecule has 0 bridgehead atoms. The molecular formula is C13H16ClNO4S. The Kier molecular flexibility index (Phi) is 5.59. The van der Waals surface area contributed by atoms with Gasteiger partial charge >= 0.3 is 0 Å². The summed E-state index contributed by atoms with van der Waals surface area (Å²) in [6.45, 7) is 7.03. The number of nitrogens with one attached hydrogen (secondary N) is 1. The van der Waals surface area contributed by atoms with Crippen LogP contribution in [0.1, 0.15) is 12.5 Å². The maximum absolute atomic E-state index is 11.7. The molecule has 0 saturated heterocycles. The molecule has 5 nitrogen and oxygen atoms in total. The van der Waals surface area contributed by atoms with Gasteiger partial charge in [0.05, 0.1) is 0 Å². The molecule has 1 N–H and O–H groups in total. The first-order valence-corrected chi connectivity index (χ1v) is 8.17. The van der Waals surface area contributed by atoms with E-state index in [0.29, 0.717) is 6.54 Å². The molecule has 0 aliphatic rings. The van der Waals surface area contributed by atoms with Crippen molar-refractivity contribution in [2.24, 2.45) is 0 Å². The van der Waals surface area contributed by atoms with Crippen molar-refractivity contribution in [2.75, 3.05) is 6.54 Å². The fourth-order valence-corrected chi connectivity index (χ4v) is 2.51. The summed E-state index contributed by atoms with van der Waals surface area (Å²) in [5.41, 5.74) is 0.723. The molecule has 1 rings (SSSR count). The molecule has 0 saturated carbocycles. The summed E-state index contributed by atoms with van der Waals surface area (Å²) in [5, 5.41) is 2.56. The fourth-order valence-electron chi connectivity index (χ4n) is 1.46. The van der Waals surface area contributed by atoms with E-state index in [4.69, 9.17) is 15.4 Å². The van der Waals surface area contributed by atoms with Crippen LogP contribution in [0.5, 0.6) is 5.75 Å². The van der Waals surface area contributed by atoms with Gasteiger partial charge in [-0.3, -0.25) is 4.79 Å². The number of ether oxygens (including phenoxy) is 1. The number of halogens is 1. The second-order valence-corrected chi connectivity index (χ2v) is 6.72. The van der Waals surface area contributed by atoms with Crippen molar-refractivity contribution in [2.45, 2.75) is 24.8 Å². The Morgan fingerprint density at radius 2 is 2.20 bits per heavy atom. The number of hydrogen-bond acceptors (Lipinski definition) is 4. The van der Waals surface area contributed by atoms with Crippen molar-refractivity contribution < 1.29 is 17.9 Å². The number of hydrogen-bond donors (Lipinski definition) is 1. The topological polar surface area (TPSA) is 72.5 Å². The van der Waals surface area contributed by atoms with Crippen molar-refractivity contribution in [1.29, 1.82) is 0 Å². The highest BCUT2D eigenvalue weighted by molar-refractivity contribution is 8.13. The Labute approximate surface area is 123 Å². The summed E-state index contributed by atoms with van der Waals surface area (Å²) in [6.07, 6.45) is 0.681. The number of carbonyl (C=O) groups excluding carboxylic acids is 1. The molecule has 110 valence electrons. The molecule has 0 fully saturated rings. The minimum atomic E-state index is -3.94. The molecule has 1 atom stereocenters. The molecule has 0 heterocycles. The van der Waals surface area contributed by atoms with Crippen LogP contribution in [0.2, 0.25) is 0 Å². The zero-order valence-electron chi connectivity index (χ0n) is 11.2. The number of carbonyl (C=O) groups is 1. The Balaban J connectivity index is 2.98. The van der Waals surface area contributed by atoms with Crippen molar-refractivity contribution in [3.63, 3.8) is 0 Å². The van der Waals surface area contributed by atoms with Gasteiger partial charge in [0.2, 0.25) is 0 Å². The lowest BCUT2D eigenvalue weighted by Gasteiger charge is -2.16. The third-order valence-electron chi connectivity index (χ3n) is 2.46. The first-order valence-electron chi connectivity index (χ1n) is 5.86. The predicted molar refractivity (Wildman–Crippen MR) is 77.5 cm³/mol. The Morgan fingerprint density at radius 1 is 1.55 bits per heavy atom. The third kappa shape index (κ3) is 4.54. The summed E-state index contributed by atoms with van der Waals surface area (Å²) in [7, 11) is 1.42. The monoisotopic (exact) mass is 317 g/mol. The summed E-state index contributed by atoms with van der Waals surface area (Å²) in [6, 6.07) is 4.54. The Hall–Kier alpha value is -1.53. The molecule has 1 aromatic carbocycles. The predicted octanol–water partition coefficient (Wildman–Crippen LogP) is 1.99. The first-order chi connectivity index (χ1) is 9.25. The Morgan fingerprint density at radius 3 is 2.75 bits per heavy atom. The van der Waals surface area contributed by atoms with Crippen molar-refractivity contribution in [1.82, 2.24) is 5.32 Å². The van der Waals surface area contributed by atoms with Gasteiger partial charge in [-0.15, -0.1) is 6.58 Å². The van der Waals surface area contributed by atoms with E-state index in [0.717, 1.165) is 5.56 Å². The molecule has 0 aromatic heterocycles. The van der Waals surface area contributed by atoms with Crippen LogP contribution in [0.15, 0.2) is 35.7 Å². The van der Waals surface area contributed by atoms with E-state index in [1.807, 2.05) is 0 Å². The van der Waals surface area contributed by atoms with Gasteiger partial charge in [0, 0.05) is 17.2 Å². The normalized spacial score (nSPS) is 12.6. The molecular weight excluding hydrogens is 302 g/mol. The second-order valence-electron chi connectivity index (χ2n) is 4.18. The summed E-state index contributed by atoms with van der Waals surface area (Å²) < 4.78 is 28.4. The van der Waals surface area contributed by atoms with E-state index in [9.17, 15) is 13.2 Å². The van der Waals surface area contributed by atoms with E-state index in [2.05, 4.69) is 11.9 Å². The molecule has 0 aliphatic heterocycles. The lowest BCUT2D eigenvalue weighted by molar-refractivity contribution is -0.127. The summed E-state index contributed by atoms with van der Waals surface area (Å²) >= 11 is 0. The highest BCUT2D eigenvalue weighted by Crippen LogP contribution is 2.28. The fraction of sp³-hybridized carbons (Fsp3) is 0.308. The molecule has 0 spiro atoms. The molecule has 7 heteroatoms. The van der Waals surface area contributed by atoms with E-state index in [1.54, 1.807) is 13.0 Å². The largest absolute Gasteiger partial charge is 0.479 e. The zero-order chi connectivity index (χ0) is 15.3.